The predicted molar refractivity (Wildman–Crippen MR) is 129 cm³/mol. The third kappa shape index (κ3) is 4.89. The highest BCUT2D eigenvalue weighted by Gasteiger charge is 2.28. The van der Waals surface area contributed by atoms with Crippen LogP contribution in [-0.4, -0.2) is 58.8 Å². The van der Waals surface area contributed by atoms with E-state index in [0.29, 0.717) is 12.6 Å². The number of ether oxygens (including phenoxy) is 1. The first-order valence-electron chi connectivity index (χ1n) is 12.0. The number of rotatable bonds is 6. The quantitative estimate of drug-likeness (QED) is 0.559. The van der Waals surface area contributed by atoms with Crippen molar-refractivity contribution in [3.8, 4) is 17.0 Å². The van der Waals surface area contributed by atoms with Gasteiger partial charge in [0.15, 0.2) is 0 Å². The van der Waals surface area contributed by atoms with Gasteiger partial charge < -0.3 is 9.64 Å². The first-order valence-corrected chi connectivity index (χ1v) is 12.0. The molecule has 0 N–H and O–H groups in total. The van der Waals surface area contributed by atoms with Crippen molar-refractivity contribution in [3.63, 3.8) is 0 Å². The van der Waals surface area contributed by atoms with E-state index in [0.717, 1.165) is 23.0 Å². The number of hydrogen-bond donors (Lipinski definition) is 0. The minimum Gasteiger partial charge on any atom is -0.488 e. The molecule has 1 saturated heterocycles. The van der Waals surface area contributed by atoms with Gasteiger partial charge in [-0.15, -0.1) is 0 Å². The molecule has 5 heteroatoms. The molecule has 1 saturated carbocycles. The lowest BCUT2D eigenvalue weighted by Gasteiger charge is -2.41. The first-order chi connectivity index (χ1) is 15.8. The molecule has 2 heterocycles. The molecule has 0 radical (unpaired) electrons. The third-order valence-electron chi connectivity index (χ3n) is 7.10. The summed E-state index contributed by atoms with van der Waals surface area (Å²) in [6.45, 7) is 5.41. The molecule has 5 rings (SSSR count). The van der Waals surface area contributed by atoms with Gasteiger partial charge in [-0.3, -0.25) is 9.58 Å². The average Bonchev–Trinajstić information content (AvgIpc) is 3.34. The van der Waals surface area contributed by atoms with Gasteiger partial charge in [-0.1, -0.05) is 42.5 Å². The van der Waals surface area contributed by atoms with E-state index in [4.69, 9.17) is 9.84 Å². The van der Waals surface area contributed by atoms with Crippen molar-refractivity contribution in [2.75, 3.05) is 33.2 Å². The molecular weight excluding hydrogens is 396 g/mol. The van der Waals surface area contributed by atoms with Gasteiger partial charge >= 0.3 is 0 Å². The van der Waals surface area contributed by atoms with Crippen molar-refractivity contribution < 1.29 is 4.74 Å². The molecule has 2 aliphatic rings. The van der Waals surface area contributed by atoms with Crippen LogP contribution in [0.25, 0.3) is 11.3 Å². The van der Waals surface area contributed by atoms with E-state index < -0.39 is 0 Å². The standard InChI is InChI=1S/C27H34N4O/c1-29-17-19-30(20-18-29)23-11-13-24(14-12-23)31-16-15-26(28-31)25-9-5-6-10-27(25)32-21-22-7-3-2-4-8-22/h2-10,15-16,23-24H,11-14,17-21H2,1H3/t23-,24-. The van der Waals surface area contributed by atoms with E-state index in [-0.39, 0.29) is 0 Å². The Morgan fingerprint density at radius 3 is 2.28 bits per heavy atom. The van der Waals surface area contributed by atoms with Crippen LogP contribution in [0.4, 0.5) is 0 Å². The summed E-state index contributed by atoms with van der Waals surface area (Å²) >= 11 is 0. The number of hydrogen-bond acceptors (Lipinski definition) is 4. The molecule has 1 aromatic heterocycles. The molecule has 2 fully saturated rings. The fourth-order valence-corrected chi connectivity index (χ4v) is 5.10. The second-order valence-electron chi connectivity index (χ2n) is 9.25. The van der Waals surface area contributed by atoms with Crippen molar-refractivity contribution in [1.29, 1.82) is 0 Å². The zero-order valence-corrected chi connectivity index (χ0v) is 19.1. The van der Waals surface area contributed by atoms with Crippen LogP contribution in [0.1, 0.15) is 37.3 Å². The number of likely N-dealkylation sites (N-methyl/N-ethyl adjacent to an activating group) is 1. The first kappa shape index (κ1) is 21.2. The fourth-order valence-electron chi connectivity index (χ4n) is 5.10. The van der Waals surface area contributed by atoms with Crippen LogP contribution < -0.4 is 4.74 Å². The Bertz CT molecular complexity index is 986. The topological polar surface area (TPSA) is 33.5 Å². The highest BCUT2D eigenvalue weighted by atomic mass is 16.5. The number of benzene rings is 2. The largest absolute Gasteiger partial charge is 0.488 e. The third-order valence-corrected chi connectivity index (χ3v) is 7.10. The fraction of sp³-hybridized carbons (Fsp3) is 0.444. The summed E-state index contributed by atoms with van der Waals surface area (Å²) < 4.78 is 8.36. The van der Waals surface area contributed by atoms with Crippen molar-refractivity contribution in [3.05, 3.63) is 72.4 Å². The summed E-state index contributed by atoms with van der Waals surface area (Å²) in [5.41, 5.74) is 3.23. The number of piperazine rings is 1. The normalized spacial score (nSPS) is 22.7. The Morgan fingerprint density at radius 1 is 0.812 bits per heavy atom. The van der Waals surface area contributed by atoms with Crippen molar-refractivity contribution in [1.82, 2.24) is 19.6 Å². The molecule has 1 aliphatic carbocycles. The van der Waals surface area contributed by atoms with Gasteiger partial charge in [0.2, 0.25) is 0 Å². The van der Waals surface area contributed by atoms with E-state index in [1.807, 2.05) is 30.3 Å². The Hall–Kier alpha value is -2.63. The van der Waals surface area contributed by atoms with Crippen LogP contribution in [0.15, 0.2) is 66.9 Å². The van der Waals surface area contributed by atoms with Crippen LogP contribution in [0.3, 0.4) is 0 Å². The van der Waals surface area contributed by atoms with Gasteiger partial charge in [0, 0.05) is 44.0 Å². The molecule has 2 aromatic carbocycles. The summed E-state index contributed by atoms with van der Waals surface area (Å²) in [6, 6.07) is 21.9. The lowest BCUT2D eigenvalue weighted by atomic mass is 9.90. The molecule has 32 heavy (non-hydrogen) atoms. The SMILES string of the molecule is CN1CCN([C@H]2CC[C@H](n3ccc(-c4ccccc4OCc4ccccc4)n3)CC2)CC1. The summed E-state index contributed by atoms with van der Waals surface area (Å²) in [6.07, 6.45) is 7.14. The minimum absolute atomic E-state index is 0.505. The monoisotopic (exact) mass is 430 g/mol. The van der Waals surface area contributed by atoms with Gasteiger partial charge in [0.25, 0.3) is 0 Å². The van der Waals surface area contributed by atoms with Crippen molar-refractivity contribution in [2.24, 2.45) is 0 Å². The molecule has 0 atom stereocenters. The molecule has 3 aromatic rings. The van der Waals surface area contributed by atoms with Gasteiger partial charge in [-0.2, -0.15) is 5.10 Å². The van der Waals surface area contributed by atoms with E-state index in [2.05, 4.69) is 58.1 Å². The van der Waals surface area contributed by atoms with Crippen molar-refractivity contribution in [2.45, 2.75) is 44.4 Å². The van der Waals surface area contributed by atoms with E-state index in [1.54, 1.807) is 0 Å². The smallest absolute Gasteiger partial charge is 0.129 e. The number of nitrogens with zero attached hydrogens (tertiary/aromatic N) is 4. The van der Waals surface area contributed by atoms with E-state index in [1.165, 1.54) is 57.4 Å². The Balaban J connectivity index is 1.22. The molecule has 0 spiro atoms. The molecular formula is C27H34N4O. The van der Waals surface area contributed by atoms with E-state index in [9.17, 15) is 0 Å². The zero-order valence-electron chi connectivity index (χ0n) is 19.1. The highest BCUT2D eigenvalue weighted by molar-refractivity contribution is 5.66. The van der Waals surface area contributed by atoms with Gasteiger partial charge in [-0.25, -0.2) is 0 Å². The Kier molecular flexibility index (Phi) is 6.56. The van der Waals surface area contributed by atoms with Crippen LogP contribution in [0.2, 0.25) is 0 Å². The number of para-hydroxylation sites is 1. The maximum absolute atomic E-state index is 6.16. The van der Waals surface area contributed by atoms with Crippen LogP contribution in [-0.2, 0) is 6.61 Å². The predicted octanol–water partition coefficient (Wildman–Crippen LogP) is 4.86. The Labute approximate surface area is 191 Å². The molecule has 0 bridgehead atoms. The molecule has 5 nitrogen and oxygen atoms in total. The second-order valence-corrected chi connectivity index (χ2v) is 9.25. The number of aromatic nitrogens is 2. The van der Waals surface area contributed by atoms with Gasteiger partial charge in [0.1, 0.15) is 12.4 Å². The minimum atomic E-state index is 0.505. The lowest BCUT2D eigenvalue weighted by molar-refractivity contribution is 0.0811. The summed E-state index contributed by atoms with van der Waals surface area (Å²) in [5.74, 6) is 0.889. The van der Waals surface area contributed by atoms with Gasteiger partial charge in [0.05, 0.1) is 11.7 Å². The Morgan fingerprint density at radius 2 is 1.50 bits per heavy atom. The molecule has 0 amide bonds. The molecule has 168 valence electrons. The van der Waals surface area contributed by atoms with Crippen molar-refractivity contribution >= 4 is 0 Å². The zero-order chi connectivity index (χ0) is 21.8. The maximum atomic E-state index is 6.16. The van der Waals surface area contributed by atoms with Crippen LogP contribution in [0.5, 0.6) is 5.75 Å². The maximum Gasteiger partial charge on any atom is 0.129 e. The lowest BCUT2D eigenvalue weighted by Crippen LogP contribution is -2.49. The molecule has 0 unspecified atom stereocenters. The van der Waals surface area contributed by atoms with E-state index >= 15 is 0 Å². The average molecular weight is 431 g/mol. The summed E-state index contributed by atoms with van der Waals surface area (Å²) in [7, 11) is 2.23. The summed E-state index contributed by atoms with van der Waals surface area (Å²) in [4.78, 5) is 5.15. The van der Waals surface area contributed by atoms with Crippen LogP contribution >= 0.6 is 0 Å². The molecule has 1 aliphatic heterocycles. The second kappa shape index (κ2) is 9.88. The highest BCUT2D eigenvalue weighted by Crippen LogP contribution is 2.34. The summed E-state index contributed by atoms with van der Waals surface area (Å²) in [5, 5.41) is 4.98. The van der Waals surface area contributed by atoms with Crippen LogP contribution in [0, 0.1) is 0 Å². The van der Waals surface area contributed by atoms with Gasteiger partial charge in [-0.05, 0) is 56.5 Å².